The molecule has 0 fully saturated rings. The Hall–Kier alpha value is -0.870. The van der Waals surface area contributed by atoms with E-state index >= 15 is 0 Å². The van der Waals surface area contributed by atoms with Crippen LogP contribution in [0.2, 0.25) is 0 Å². The van der Waals surface area contributed by atoms with Gasteiger partial charge in [-0.15, -0.1) is 0 Å². The third-order valence-electron chi connectivity index (χ3n) is 3.81. The molecule has 0 bridgehead atoms. The molecule has 0 radical (unpaired) electrons. The first kappa shape index (κ1) is 14.5. The quantitative estimate of drug-likeness (QED) is 0.897. The number of fused-ring (bicyclic) bond motifs is 1. The molecule has 0 heterocycles. The Balaban J connectivity index is 1.92. The van der Waals surface area contributed by atoms with Crippen molar-refractivity contribution in [3.8, 4) is 0 Å². The summed E-state index contributed by atoms with van der Waals surface area (Å²) in [5, 5.41) is 3.47. The van der Waals surface area contributed by atoms with Crippen molar-refractivity contribution < 1.29 is 8.42 Å². The number of benzene rings is 1. The minimum atomic E-state index is -2.89. The average molecular weight is 281 g/mol. The monoisotopic (exact) mass is 281 g/mol. The van der Waals surface area contributed by atoms with Gasteiger partial charge in [-0.25, -0.2) is 8.42 Å². The van der Waals surface area contributed by atoms with Crippen LogP contribution in [0.5, 0.6) is 0 Å². The zero-order chi connectivity index (χ0) is 13.9. The van der Waals surface area contributed by atoms with E-state index in [1.54, 1.807) is 6.92 Å². The van der Waals surface area contributed by atoms with Crippen molar-refractivity contribution in [3.63, 3.8) is 0 Å². The fraction of sp³-hybridized carbons (Fsp3) is 0.600. The first-order chi connectivity index (χ1) is 9.00. The largest absolute Gasteiger partial charge is 0.310 e. The molecule has 0 spiro atoms. The summed E-state index contributed by atoms with van der Waals surface area (Å²) < 4.78 is 23.2. The van der Waals surface area contributed by atoms with Crippen LogP contribution in [0.15, 0.2) is 24.3 Å². The lowest BCUT2D eigenvalue weighted by Gasteiger charge is -2.28. The molecule has 19 heavy (non-hydrogen) atoms. The molecule has 3 nitrogen and oxygen atoms in total. The van der Waals surface area contributed by atoms with E-state index in [-0.39, 0.29) is 17.5 Å². The summed E-state index contributed by atoms with van der Waals surface area (Å²) in [4.78, 5) is 0. The van der Waals surface area contributed by atoms with Gasteiger partial charge in [0.15, 0.2) is 9.84 Å². The highest BCUT2D eigenvalue weighted by Gasteiger charge is 2.21. The lowest BCUT2D eigenvalue weighted by Crippen LogP contribution is -2.43. The van der Waals surface area contributed by atoms with Gasteiger partial charge in [0.1, 0.15) is 0 Å². The van der Waals surface area contributed by atoms with E-state index < -0.39 is 9.84 Å². The van der Waals surface area contributed by atoms with Crippen LogP contribution in [0.1, 0.15) is 31.4 Å². The van der Waals surface area contributed by atoms with Crippen molar-refractivity contribution in [2.75, 3.05) is 11.5 Å². The van der Waals surface area contributed by atoms with Crippen LogP contribution in [0, 0.1) is 0 Å². The number of hydrogen-bond acceptors (Lipinski definition) is 3. The molecule has 0 saturated heterocycles. The van der Waals surface area contributed by atoms with Crippen molar-refractivity contribution in [1.29, 1.82) is 0 Å². The number of rotatable bonds is 5. The smallest absolute Gasteiger partial charge is 0.151 e. The van der Waals surface area contributed by atoms with Crippen LogP contribution in [0.25, 0.3) is 0 Å². The Bertz CT molecular complexity index is 525. The van der Waals surface area contributed by atoms with Crippen LogP contribution >= 0.6 is 0 Å². The first-order valence-corrected chi connectivity index (χ1v) is 8.85. The summed E-state index contributed by atoms with van der Waals surface area (Å²) in [6.07, 6.45) is 3.18. The summed E-state index contributed by atoms with van der Waals surface area (Å²) in [5.74, 6) is 0.466. The molecule has 1 aromatic rings. The van der Waals surface area contributed by atoms with Gasteiger partial charge < -0.3 is 5.32 Å². The standard InChI is InChI=1S/C15H23NO2S/c1-3-19(17,18)11-12(2)16-15-9-8-13-6-4-5-7-14(13)10-15/h4-7,12,15-16H,3,8-11H2,1-2H3. The highest BCUT2D eigenvalue weighted by molar-refractivity contribution is 7.91. The predicted octanol–water partition coefficient (Wildman–Crippen LogP) is 1.96. The topological polar surface area (TPSA) is 46.2 Å². The second-order valence-electron chi connectivity index (χ2n) is 5.48. The van der Waals surface area contributed by atoms with Crippen LogP contribution < -0.4 is 5.32 Å². The molecule has 2 unspecified atom stereocenters. The van der Waals surface area contributed by atoms with Gasteiger partial charge in [0.2, 0.25) is 0 Å². The molecular formula is C15H23NO2S. The van der Waals surface area contributed by atoms with E-state index in [0.717, 1.165) is 19.3 Å². The fourth-order valence-electron chi connectivity index (χ4n) is 2.79. The predicted molar refractivity (Wildman–Crippen MR) is 79.2 cm³/mol. The molecule has 1 aliphatic rings. The van der Waals surface area contributed by atoms with Gasteiger partial charge >= 0.3 is 0 Å². The Morgan fingerprint density at radius 3 is 2.68 bits per heavy atom. The summed E-state index contributed by atoms with van der Waals surface area (Å²) >= 11 is 0. The van der Waals surface area contributed by atoms with Gasteiger partial charge in [-0.05, 0) is 37.3 Å². The molecule has 4 heteroatoms. The molecule has 2 atom stereocenters. The molecular weight excluding hydrogens is 258 g/mol. The molecule has 0 amide bonds. The Morgan fingerprint density at radius 1 is 1.32 bits per heavy atom. The summed E-state index contributed by atoms with van der Waals surface area (Å²) in [5.41, 5.74) is 2.84. The lowest BCUT2D eigenvalue weighted by atomic mass is 9.88. The zero-order valence-electron chi connectivity index (χ0n) is 11.7. The Kier molecular flexibility index (Phi) is 4.63. The Labute approximate surface area is 116 Å². The molecule has 1 aliphatic carbocycles. The number of aryl methyl sites for hydroxylation is 1. The maximum absolute atomic E-state index is 11.6. The van der Waals surface area contributed by atoms with E-state index in [4.69, 9.17) is 0 Å². The van der Waals surface area contributed by atoms with E-state index in [0.29, 0.717) is 6.04 Å². The fourth-order valence-corrected chi connectivity index (χ4v) is 3.88. The van der Waals surface area contributed by atoms with Crippen LogP contribution in [-0.2, 0) is 22.7 Å². The van der Waals surface area contributed by atoms with Crippen molar-refractivity contribution in [2.45, 2.75) is 45.2 Å². The van der Waals surface area contributed by atoms with Crippen molar-refractivity contribution in [2.24, 2.45) is 0 Å². The minimum absolute atomic E-state index is 0.0280. The van der Waals surface area contributed by atoms with Gasteiger partial charge in [0.05, 0.1) is 5.75 Å². The highest BCUT2D eigenvalue weighted by Crippen LogP contribution is 2.21. The summed E-state index contributed by atoms with van der Waals surface area (Å²) in [6.45, 7) is 3.67. The zero-order valence-corrected chi connectivity index (χ0v) is 12.5. The van der Waals surface area contributed by atoms with Gasteiger partial charge in [-0.1, -0.05) is 31.2 Å². The van der Waals surface area contributed by atoms with Gasteiger partial charge in [0.25, 0.3) is 0 Å². The number of hydrogen-bond donors (Lipinski definition) is 1. The maximum atomic E-state index is 11.6. The average Bonchev–Trinajstić information content (AvgIpc) is 2.38. The third kappa shape index (κ3) is 4.05. The number of nitrogens with one attached hydrogen (secondary N) is 1. The van der Waals surface area contributed by atoms with E-state index in [1.165, 1.54) is 11.1 Å². The second kappa shape index (κ2) is 6.06. The Morgan fingerprint density at radius 2 is 2.00 bits per heavy atom. The lowest BCUT2D eigenvalue weighted by molar-refractivity contribution is 0.421. The summed E-state index contributed by atoms with van der Waals surface area (Å²) in [6, 6.07) is 8.96. The summed E-state index contributed by atoms with van der Waals surface area (Å²) in [7, 11) is -2.89. The number of sulfone groups is 1. The van der Waals surface area contributed by atoms with Gasteiger partial charge in [-0.2, -0.15) is 0 Å². The van der Waals surface area contributed by atoms with Crippen molar-refractivity contribution in [3.05, 3.63) is 35.4 Å². The van der Waals surface area contributed by atoms with Crippen molar-refractivity contribution in [1.82, 2.24) is 5.32 Å². The normalized spacial score (nSPS) is 20.8. The van der Waals surface area contributed by atoms with Crippen LogP contribution in [-0.4, -0.2) is 32.0 Å². The molecule has 106 valence electrons. The molecule has 0 aromatic heterocycles. The molecule has 1 aromatic carbocycles. The van der Waals surface area contributed by atoms with Gasteiger partial charge in [0, 0.05) is 17.8 Å². The maximum Gasteiger partial charge on any atom is 0.151 e. The van der Waals surface area contributed by atoms with E-state index in [2.05, 4.69) is 29.6 Å². The second-order valence-corrected chi connectivity index (χ2v) is 7.87. The molecule has 1 N–H and O–H groups in total. The van der Waals surface area contributed by atoms with Crippen LogP contribution in [0.4, 0.5) is 0 Å². The van der Waals surface area contributed by atoms with E-state index in [1.807, 2.05) is 6.92 Å². The van der Waals surface area contributed by atoms with Crippen LogP contribution in [0.3, 0.4) is 0 Å². The molecule has 0 saturated carbocycles. The third-order valence-corrected chi connectivity index (χ3v) is 5.70. The van der Waals surface area contributed by atoms with E-state index in [9.17, 15) is 8.42 Å². The molecule has 0 aliphatic heterocycles. The minimum Gasteiger partial charge on any atom is -0.310 e. The van der Waals surface area contributed by atoms with Crippen molar-refractivity contribution >= 4 is 9.84 Å². The first-order valence-electron chi connectivity index (χ1n) is 7.03. The van der Waals surface area contributed by atoms with Gasteiger partial charge in [-0.3, -0.25) is 0 Å². The SMILES string of the molecule is CCS(=O)(=O)CC(C)NC1CCc2ccccc2C1. The highest BCUT2D eigenvalue weighted by atomic mass is 32.2. The molecule has 2 rings (SSSR count).